The largest absolute Gasteiger partial charge is 0.444 e. The number of aliphatic imine (C=N–C) groups is 1. The summed E-state index contributed by atoms with van der Waals surface area (Å²) in [6, 6.07) is 0.159. The van der Waals surface area contributed by atoms with Gasteiger partial charge in [0.25, 0.3) is 0 Å². The smallest absolute Gasteiger partial charge is 0.410 e. The Bertz CT molecular complexity index is 481. The summed E-state index contributed by atoms with van der Waals surface area (Å²) >= 11 is 0. The third kappa shape index (κ3) is 7.46. The second-order valence-corrected chi connectivity index (χ2v) is 8.21. The fraction of sp³-hybridized carbons (Fsp3) is 0.889. The maximum atomic E-state index is 12.0. The predicted octanol–water partition coefficient (Wildman–Crippen LogP) is 2.47. The minimum absolute atomic E-state index is 0. The molecule has 152 valence electrons. The molecule has 0 spiro atoms. The molecule has 7 nitrogen and oxygen atoms in total. The van der Waals surface area contributed by atoms with Crippen LogP contribution in [0.1, 0.15) is 59.8 Å². The Labute approximate surface area is 174 Å². The number of hydrogen-bond acceptors (Lipinski definition) is 4. The normalized spacial score (nSPS) is 20.7. The lowest BCUT2D eigenvalue weighted by Gasteiger charge is -2.40. The zero-order valence-corrected chi connectivity index (χ0v) is 18.8. The molecule has 2 rings (SSSR count). The Hall–Kier alpha value is -0.770. The van der Waals surface area contributed by atoms with Gasteiger partial charge in [0.15, 0.2) is 5.96 Å². The number of guanidine groups is 1. The molecular formula is C18H35IN4O3. The Morgan fingerprint density at radius 3 is 2.42 bits per heavy atom. The highest BCUT2D eigenvalue weighted by atomic mass is 127. The zero-order valence-electron chi connectivity index (χ0n) is 16.5. The van der Waals surface area contributed by atoms with E-state index >= 15 is 0 Å². The molecule has 0 bridgehead atoms. The number of carbonyl (C=O) groups is 1. The van der Waals surface area contributed by atoms with Crippen LogP contribution in [0.2, 0.25) is 0 Å². The Balaban J connectivity index is 0.00000338. The van der Waals surface area contributed by atoms with Gasteiger partial charge in [-0.1, -0.05) is 19.3 Å². The SMILES string of the molecule is CCNC(=NCC1(O)CCCCC1)NC1CN(C(=O)OC(C)(C)C)C1.I. The van der Waals surface area contributed by atoms with Crippen LogP contribution in [-0.4, -0.2) is 65.5 Å². The van der Waals surface area contributed by atoms with Gasteiger partial charge in [0, 0.05) is 19.6 Å². The van der Waals surface area contributed by atoms with Crippen LogP contribution in [0, 0.1) is 0 Å². The van der Waals surface area contributed by atoms with Crippen molar-refractivity contribution in [3.05, 3.63) is 0 Å². The predicted molar refractivity (Wildman–Crippen MR) is 114 cm³/mol. The number of carbonyl (C=O) groups excluding carboxylic acids is 1. The van der Waals surface area contributed by atoms with Crippen molar-refractivity contribution in [2.75, 3.05) is 26.2 Å². The van der Waals surface area contributed by atoms with Crippen LogP contribution in [0.25, 0.3) is 0 Å². The first kappa shape index (κ1) is 23.3. The van der Waals surface area contributed by atoms with Gasteiger partial charge in [0.1, 0.15) is 5.60 Å². The summed E-state index contributed by atoms with van der Waals surface area (Å²) in [5, 5.41) is 17.1. The van der Waals surface area contributed by atoms with Crippen molar-refractivity contribution in [3.63, 3.8) is 0 Å². The molecule has 1 heterocycles. The number of nitrogens with one attached hydrogen (secondary N) is 2. The van der Waals surface area contributed by atoms with Crippen LogP contribution in [0.5, 0.6) is 0 Å². The monoisotopic (exact) mass is 482 g/mol. The molecule has 2 fully saturated rings. The molecule has 0 radical (unpaired) electrons. The summed E-state index contributed by atoms with van der Waals surface area (Å²) in [4.78, 5) is 18.2. The zero-order chi connectivity index (χ0) is 18.5. The number of amides is 1. The molecule has 0 aromatic carbocycles. The lowest BCUT2D eigenvalue weighted by molar-refractivity contribution is 0.00692. The van der Waals surface area contributed by atoms with E-state index in [0.717, 1.165) is 32.2 Å². The number of ether oxygens (including phenoxy) is 1. The van der Waals surface area contributed by atoms with Gasteiger partial charge in [-0.05, 0) is 40.5 Å². The number of rotatable bonds is 4. The van der Waals surface area contributed by atoms with Gasteiger partial charge in [-0.3, -0.25) is 4.99 Å². The molecular weight excluding hydrogens is 447 g/mol. The lowest BCUT2D eigenvalue weighted by atomic mass is 9.85. The minimum Gasteiger partial charge on any atom is -0.444 e. The topological polar surface area (TPSA) is 86.2 Å². The highest BCUT2D eigenvalue weighted by Crippen LogP contribution is 2.28. The van der Waals surface area contributed by atoms with Gasteiger partial charge < -0.3 is 25.4 Å². The van der Waals surface area contributed by atoms with Crippen molar-refractivity contribution in [2.45, 2.75) is 77.0 Å². The van der Waals surface area contributed by atoms with Gasteiger partial charge >= 0.3 is 6.09 Å². The van der Waals surface area contributed by atoms with Crippen molar-refractivity contribution in [1.29, 1.82) is 0 Å². The van der Waals surface area contributed by atoms with E-state index in [0.29, 0.717) is 25.6 Å². The summed E-state index contributed by atoms with van der Waals surface area (Å²) in [7, 11) is 0. The molecule has 0 aromatic heterocycles. The highest BCUT2D eigenvalue weighted by molar-refractivity contribution is 14.0. The average Bonchev–Trinajstić information content (AvgIpc) is 2.46. The quantitative estimate of drug-likeness (QED) is 0.326. The Morgan fingerprint density at radius 1 is 1.27 bits per heavy atom. The Kier molecular flexibility index (Phi) is 8.92. The first-order valence-corrected chi connectivity index (χ1v) is 9.46. The van der Waals surface area contributed by atoms with E-state index in [2.05, 4.69) is 15.6 Å². The first-order valence-electron chi connectivity index (χ1n) is 9.46. The second-order valence-electron chi connectivity index (χ2n) is 8.21. The van der Waals surface area contributed by atoms with Gasteiger partial charge in [0.05, 0.1) is 18.2 Å². The third-order valence-corrected chi connectivity index (χ3v) is 4.53. The molecule has 1 amide bonds. The first-order chi connectivity index (χ1) is 11.7. The molecule has 2 aliphatic rings. The minimum atomic E-state index is -0.664. The third-order valence-electron chi connectivity index (χ3n) is 4.53. The van der Waals surface area contributed by atoms with E-state index in [-0.39, 0.29) is 36.1 Å². The molecule has 0 atom stereocenters. The Morgan fingerprint density at radius 2 is 1.88 bits per heavy atom. The van der Waals surface area contributed by atoms with E-state index in [1.54, 1.807) is 4.90 Å². The molecule has 0 unspecified atom stereocenters. The number of hydrogen-bond donors (Lipinski definition) is 3. The highest BCUT2D eigenvalue weighted by Gasteiger charge is 2.34. The molecule has 3 N–H and O–H groups in total. The summed E-state index contributed by atoms with van der Waals surface area (Å²) < 4.78 is 5.36. The van der Waals surface area contributed by atoms with E-state index in [1.807, 2.05) is 27.7 Å². The van der Waals surface area contributed by atoms with Gasteiger partial charge in [-0.25, -0.2) is 4.79 Å². The van der Waals surface area contributed by atoms with Gasteiger partial charge in [0.2, 0.25) is 0 Å². The van der Waals surface area contributed by atoms with Crippen molar-refractivity contribution >= 4 is 36.0 Å². The molecule has 1 saturated heterocycles. The van der Waals surface area contributed by atoms with Crippen molar-refractivity contribution in [2.24, 2.45) is 4.99 Å². The second kappa shape index (κ2) is 9.96. The van der Waals surface area contributed by atoms with Crippen LogP contribution >= 0.6 is 24.0 Å². The fourth-order valence-electron chi connectivity index (χ4n) is 3.15. The molecule has 1 aliphatic carbocycles. The van der Waals surface area contributed by atoms with Crippen molar-refractivity contribution in [1.82, 2.24) is 15.5 Å². The number of halogens is 1. The molecule has 8 heteroatoms. The number of aliphatic hydroxyl groups is 1. The molecule has 1 aliphatic heterocycles. The van der Waals surface area contributed by atoms with Crippen molar-refractivity contribution < 1.29 is 14.6 Å². The van der Waals surface area contributed by atoms with Crippen LogP contribution in [0.4, 0.5) is 4.79 Å². The molecule has 1 saturated carbocycles. The van der Waals surface area contributed by atoms with E-state index in [1.165, 1.54) is 6.42 Å². The van der Waals surface area contributed by atoms with Gasteiger partial charge in [-0.15, -0.1) is 24.0 Å². The maximum Gasteiger partial charge on any atom is 0.410 e. The van der Waals surface area contributed by atoms with Crippen molar-refractivity contribution in [3.8, 4) is 0 Å². The maximum absolute atomic E-state index is 12.0. The molecule has 26 heavy (non-hydrogen) atoms. The molecule has 0 aromatic rings. The lowest BCUT2D eigenvalue weighted by Crippen LogP contribution is -2.63. The van der Waals surface area contributed by atoms with Crippen LogP contribution < -0.4 is 10.6 Å². The van der Waals surface area contributed by atoms with E-state index in [9.17, 15) is 9.90 Å². The van der Waals surface area contributed by atoms with Crippen LogP contribution in [0.15, 0.2) is 4.99 Å². The summed E-state index contributed by atoms with van der Waals surface area (Å²) in [5.41, 5.74) is -1.13. The van der Waals surface area contributed by atoms with Gasteiger partial charge in [-0.2, -0.15) is 0 Å². The van der Waals surface area contributed by atoms with E-state index < -0.39 is 11.2 Å². The standard InChI is InChI=1S/C18H34N4O3.HI/c1-5-19-15(20-13-18(24)9-7-6-8-10-18)21-14-11-22(12-14)16(23)25-17(2,3)4;/h14,24H,5-13H2,1-4H3,(H2,19,20,21);1H. The van der Waals surface area contributed by atoms with E-state index in [4.69, 9.17) is 4.74 Å². The average molecular weight is 482 g/mol. The van der Waals surface area contributed by atoms with Crippen LogP contribution in [-0.2, 0) is 4.74 Å². The summed E-state index contributed by atoms with van der Waals surface area (Å²) in [5.74, 6) is 0.704. The summed E-state index contributed by atoms with van der Waals surface area (Å²) in [6.07, 6.45) is 4.72. The number of nitrogens with zero attached hydrogens (tertiary/aromatic N) is 2. The number of likely N-dealkylation sites (tertiary alicyclic amines) is 1. The van der Waals surface area contributed by atoms with Crippen LogP contribution in [0.3, 0.4) is 0 Å². The fourth-order valence-corrected chi connectivity index (χ4v) is 3.15. The summed E-state index contributed by atoms with van der Waals surface area (Å²) in [6.45, 7) is 10.00.